The van der Waals surface area contributed by atoms with Crippen molar-refractivity contribution in [2.24, 2.45) is 5.73 Å². The van der Waals surface area contributed by atoms with Crippen molar-refractivity contribution < 1.29 is 10.2 Å². The van der Waals surface area contributed by atoms with Crippen LogP contribution in [0.4, 0.5) is 0 Å². The van der Waals surface area contributed by atoms with Gasteiger partial charge in [-0.15, -0.1) is 12.4 Å². The molecule has 0 saturated heterocycles. The molecule has 0 heterocycles. The molecule has 4 N–H and O–H groups in total. The number of hydrogen-bond acceptors (Lipinski definition) is 3. The third-order valence-corrected chi connectivity index (χ3v) is 2.37. The summed E-state index contributed by atoms with van der Waals surface area (Å²) in [5.41, 5.74) is 7.43. The summed E-state index contributed by atoms with van der Waals surface area (Å²) in [5.74, 6) is 0.274. The van der Waals surface area contributed by atoms with Gasteiger partial charge in [-0.25, -0.2) is 0 Å². The summed E-state index contributed by atoms with van der Waals surface area (Å²) in [5, 5.41) is 18.6. The molecular weight excluding hydrogens is 214 g/mol. The smallest absolute Gasteiger partial charge is 0.123 e. The van der Waals surface area contributed by atoms with Crippen molar-refractivity contribution in [3.8, 4) is 5.75 Å². The summed E-state index contributed by atoms with van der Waals surface area (Å²) in [6.07, 6.45) is 1.26. The van der Waals surface area contributed by atoms with E-state index in [1.807, 2.05) is 19.1 Å². The second-order valence-electron chi connectivity index (χ2n) is 3.33. The number of nitrogens with two attached hydrogens (primary N) is 1. The van der Waals surface area contributed by atoms with Gasteiger partial charge >= 0.3 is 0 Å². The monoisotopic (exact) mass is 231 g/mol. The van der Waals surface area contributed by atoms with Crippen LogP contribution in [0.25, 0.3) is 0 Å². The molecule has 1 rings (SSSR count). The predicted molar refractivity (Wildman–Crippen MR) is 63.4 cm³/mol. The SMILES string of the molecule is CCc1cccc([C@H](N)CCO)c1O.Cl. The van der Waals surface area contributed by atoms with Gasteiger partial charge in [0.05, 0.1) is 0 Å². The lowest BCUT2D eigenvalue weighted by Crippen LogP contribution is -2.12. The summed E-state index contributed by atoms with van der Waals surface area (Å²) in [4.78, 5) is 0. The van der Waals surface area contributed by atoms with Crippen molar-refractivity contribution in [2.75, 3.05) is 6.61 Å². The van der Waals surface area contributed by atoms with E-state index in [-0.39, 0.29) is 30.8 Å². The number of phenolic OH excluding ortho intramolecular Hbond substituents is 1. The van der Waals surface area contributed by atoms with E-state index in [4.69, 9.17) is 10.8 Å². The number of aromatic hydroxyl groups is 1. The lowest BCUT2D eigenvalue weighted by Gasteiger charge is -2.14. The molecule has 0 unspecified atom stereocenters. The standard InChI is InChI=1S/C11H17NO2.ClH/c1-2-8-4-3-5-9(11(8)14)10(12)6-7-13;/h3-5,10,13-14H,2,6-7,12H2,1H3;1H/t10-;/m1./s1. The van der Waals surface area contributed by atoms with Crippen LogP contribution in [-0.4, -0.2) is 16.8 Å². The molecule has 0 aliphatic carbocycles. The normalized spacial score (nSPS) is 11.9. The molecule has 0 aliphatic heterocycles. The molecule has 0 radical (unpaired) electrons. The van der Waals surface area contributed by atoms with Crippen molar-refractivity contribution in [1.82, 2.24) is 0 Å². The number of benzene rings is 1. The average Bonchev–Trinajstić information content (AvgIpc) is 2.18. The van der Waals surface area contributed by atoms with Crippen molar-refractivity contribution in [2.45, 2.75) is 25.8 Å². The molecule has 0 aromatic heterocycles. The van der Waals surface area contributed by atoms with Crippen LogP contribution in [0.5, 0.6) is 5.75 Å². The Morgan fingerprint density at radius 2 is 2.07 bits per heavy atom. The molecule has 4 heteroatoms. The van der Waals surface area contributed by atoms with E-state index in [0.717, 1.165) is 17.5 Å². The zero-order valence-corrected chi connectivity index (χ0v) is 9.63. The maximum absolute atomic E-state index is 9.82. The fourth-order valence-corrected chi connectivity index (χ4v) is 1.49. The predicted octanol–water partition coefficient (Wildman–Crippen LogP) is 1.76. The molecule has 1 aromatic rings. The Kier molecular flexibility index (Phi) is 6.32. The molecule has 1 aromatic carbocycles. The van der Waals surface area contributed by atoms with Gasteiger partial charge in [0.1, 0.15) is 5.75 Å². The first-order valence-corrected chi connectivity index (χ1v) is 4.87. The van der Waals surface area contributed by atoms with Gasteiger partial charge in [-0.3, -0.25) is 0 Å². The highest BCUT2D eigenvalue weighted by Crippen LogP contribution is 2.28. The Balaban J connectivity index is 0.00000196. The molecule has 0 amide bonds. The maximum Gasteiger partial charge on any atom is 0.123 e. The Morgan fingerprint density at radius 1 is 1.40 bits per heavy atom. The summed E-state index contributed by atoms with van der Waals surface area (Å²) in [7, 11) is 0. The fraction of sp³-hybridized carbons (Fsp3) is 0.455. The quantitative estimate of drug-likeness (QED) is 0.740. The maximum atomic E-state index is 9.82. The summed E-state index contributed by atoms with van der Waals surface area (Å²) in [6.45, 7) is 2.02. The van der Waals surface area contributed by atoms with Crippen molar-refractivity contribution in [1.29, 1.82) is 0 Å². The number of phenols is 1. The first-order valence-electron chi connectivity index (χ1n) is 4.87. The van der Waals surface area contributed by atoms with Crippen molar-refractivity contribution in [3.05, 3.63) is 29.3 Å². The number of aryl methyl sites for hydroxylation is 1. The van der Waals surface area contributed by atoms with Crippen LogP contribution in [0.3, 0.4) is 0 Å². The van der Waals surface area contributed by atoms with E-state index in [0.29, 0.717) is 6.42 Å². The van der Waals surface area contributed by atoms with Crippen molar-refractivity contribution in [3.63, 3.8) is 0 Å². The lowest BCUT2D eigenvalue weighted by molar-refractivity contribution is 0.275. The number of aliphatic hydroxyl groups is 1. The molecule has 0 fully saturated rings. The Bertz CT molecular complexity index is 305. The molecule has 0 bridgehead atoms. The van der Waals surface area contributed by atoms with Gasteiger partial charge in [-0.2, -0.15) is 0 Å². The zero-order valence-electron chi connectivity index (χ0n) is 8.81. The van der Waals surface area contributed by atoms with Crippen LogP contribution < -0.4 is 5.73 Å². The van der Waals surface area contributed by atoms with E-state index in [1.54, 1.807) is 6.07 Å². The Morgan fingerprint density at radius 3 is 2.60 bits per heavy atom. The highest BCUT2D eigenvalue weighted by Gasteiger charge is 2.12. The van der Waals surface area contributed by atoms with Gasteiger partial charge in [-0.1, -0.05) is 25.1 Å². The zero-order chi connectivity index (χ0) is 10.6. The summed E-state index contributed by atoms with van der Waals surface area (Å²) in [6, 6.07) is 5.27. The second kappa shape index (κ2) is 6.67. The Labute approximate surface area is 96.3 Å². The van der Waals surface area contributed by atoms with Gasteiger partial charge in [0.2, 0.25) is 0 Å². The van der Waals surface area contributed by atoms with Crippen LogP contribution in [0.15, 0.2) is 18.2 Å². The number of aliphatic hydroxyl groups excluding tert-OH is 1. The summed E-state index contributed by atoms with van der Waals surface area (Å²) >= 11 is 0. The summed E-state index contributed by atoms with van der Waals surface area (Å²) < 4.78 is 0. The second-order valence-corrected chi connectivity index (χ2v) is 3.33. The number of rotatable bonds is 4. The van der Waals surface area contributed by atoms with Gasteiger partial charge < -0.3 is 15.9 Å². The van der Waals surface area contributed by atoms with E-state index in [9.17, 15) is 5.11 Å². The minimum atomic E-state index is -0.286. The molecular formula is C11H18ClNO2. The number of para-hydroxylation sites is 1. The van der Waals surface area contributed by atoms with E-state index in [1.165, 1.54) is 0 Å². The van der Waals surface area contributed by atoms with Crippen LogP contribution in [0, 0.1) is 0 Å². The first-order chi connectivity index (χ1) is 6.70. The molecule has 3 nitrogen and oxygen atoms in total. The minimum Gasteiger partial charge on any atom is -0.507 e. The van der Waals surface area contributed by atoms with Crippen LogP contribution in [0.2, 0.25) is 0 Å². The van der Waals surface area contributed by atoms with Crippen LogP contribution in [0.1, 0.15) is 30.5 Å². The number of halogens is 1. The minimum absolute atomic E-state index is 0. The fourth-order valence-electron chi connectivity index (χ4n) is 1.49. The lowest BCUT2D eigenvalue weighted by atomic mass is 9.99. The van der Waals surface area contributed by atoms with Gasteiger partial charge in [0.25, 0.3) is 0 Å². The van der Waals surface area contributed by atoms with Gasteiger partial charge in [0.15, 0.2) is 0 Å². The highest BCUT2D eigenvalue weighted by molar-refractivity contribution is 5.85. The van der Waals surface area contributed by atoms with Crippen molar-refractivity contribution >= 4 is 12.4 Å². The Hall–Kier alpha value is -0.770. The third kappa shape index (κ3) is 3.38. The third-order valence-electron chi connectivity index (χ3n) is 2.37. The molecule has 0 saturated carbocycles. The average molecular weight is 232 g/mol. The van der Waals surface area contributed by atoms with Crippen LogP contribution in [-0.2, 0) is 6.42 Å². The first kappa shape index (κ1) is 14.2. The molecule has 0 aliphatic rings. The van der Waals surface area contributed by atoms with E-state index >= 15 is 0 Å². The largest absolute Gasteiger partial charge is 0.507 e. The molecule has 86 valence electrons. The highest BCUT2D eigenvalue weighted by atomic mass is 35.5. The van der Waals surface area contributed by atoms with E-state index in [2.05, 4.69) is 0 Å². The molecule has 15 heavy (non-hydrogen) atoms. The van der Waals surface area contributed by atoms with E-state index < -0.39 is 0 Å². The van der Waals surface area contributed by atoms with Gasteiger partial charge in [0, 0.05) is 18.2 Å². The van der Waals surface area contributed by atoms with Crippen LogP contribution >= 0.6 is 12.4 Å². The molecule has 0 spiro atoms. The molecule has 1 atom stereocenters. The number of hydrogen-bond donors (Lipinski definition) is 3. The van der Waals surface area contributed by atoms with Gasteiger partial charge in [-0.05, 0) is 18.4 Å². The topological polar surface area (TPSA) is 66.5 Å².